The van der Waals surface area contributed by atoms with Crippen molar-refractivity contribution in [2.45, 2.75) is 59.5 Å². The number of halogens is 3. The lowest BCUT2D eigenvalue weighted by Gasteiger charge is -2.19. The van der Waals surface area contributed by atoms with Crippen LogP contribution in [0.15, 0.2) is 23.1 Å². The van der Waals surface area contributed by atoms with E-state index in [9.17, 15) is 31.2 Å². The van der Waals surface area contributed by atoms with E-state index in [2.05, 4.69) is 16.0 Å². The summed E-state index contributed by atoms with van der Waals surface area (Å²) in [5.74, 6) is -1.70. The molecule has 0 radical (unpaired) electrons. The Morgan fingerprint density at radius 2 is 2.00 bits per heavy atom. The van der Waals surface area contributed by atoms with Gasteiger partial charge >= 0.3 is 6.18 Å². The topological polar surface area (TPSA) is 128 Å². The van der Waals surface area contributed by atoms with E-state index in [-0.39, 0.29) is 18.5 Å². The van der Waals surface area contributed by atoms with E-state index >= 15 is 0 Å². The van der Waals surface area contributed by atoms with Crippen molar-refractivity contribution in [2.75, 3.05) is 13.1 Å². The second-order valence-electron chi connectivity index (χ2n) is 8.43. The maximum absolute atomic E-state index is 13.8. The lowest BCUT2D eigenvalue weighted by atomic mass is 9.96. The molecular weight excluding hydrogens is 449 g/mol. The minimum Gasteiger partial charge on any atom is -0.356 e. The average Bonchev–Trinajstić information content (AvgIpc) is 3.13. The van der Waals surface area contributed by atoms with Crippen LogP contribution < -0.4 is 16.0 Å². The number of alkyl halides is 3. The van der Waals surface area contributed by atoms with Crippen molar-refractivity contribution in [1.29, 1.82) is 5.26 Å². The van der Waals surface area contributed by atoms with Crippen molar-refractivity contribution < 1.29 is 31.2 Å². The number of nitriles is 1. The third kappa shape index (κ3) is 4.06. The van der Waals surface area contributed by atoms with Gasteiger partial charge in [-0.05, 0) is 43.4 Å². The van der Waals surface area contributed by atoms with E-state index in [4.69, 9.17) is 5.26 Å². The zero-order chi connectivity index (χ0) is 23.3. The number of rotatable bonds is 5. The molecule has 3 atom stereocenters. The van der Waals surface area contributed by atoms with Crippen LogP contribution in [0.3, 0.4) is 0 Å². The number of carbonyl (C=O) groups is 2. The molecule has 0 aromatic heterocycles. The summed E-state index contributed by atoms with van der Waals surface area (Å²) in [6.45, 7) is 0.152. The number of hydrogen-bond donors (Lipinski definition) is 3. The first-order valence-corrected chi connectivity index (χ1v) is 11.7. The first kappa shape index (κ1) is 22.5. The molecule has 2 aliphatic heterocycles. The van der Waals surface area contributed by atoms with Gasteiger partial charge in [0.1, 0.15) is 5.54 Å². The molecule has 3 N–H and O–H groups in total. The summed E-state index contributed by atoms with van der Waals surface area (Å²) >= 11 is 0. The quantitative estimate of drug-likeness (QED) is 0.589. The van der Waals surface area contributed by atoms with Crippen LogP contribution in [0.4, 0.5) is 13.2 Å². The molecule has 4 rings (SSSR count). The van der Waals surface area contributed by atoms with E-state index in [1.165, 1.54) is 6.07 Å². The monoisotopic (exact) mass is 470 g/mol. The second-order valence-corrected chi connectivity index (χ2v) is 10.6. The van der Waals surface area contributed by atoms with Crippen LogP contribution in [-0.4, -0.2) is 50.2 Å². The molecule has 12 heteroatoms. The zero-order valence-electron chi connectivity index (χ0n) is 16.8. The van der Waals surface area contributed by atoms with E-state index < -0.39 is 61.0 Å². The predicted molar refractivity (Wildman–Crippen MR) is 105 cm³/mol. The van der Waals surface area contributed by atoms with Crippen LogP contribution in [0.25, 0.3) is 0 Å². The third-order valence-electron chi connectivity index (χ3n) is 6.24. The summed E-state index contributed by atoms with van der Waals surface area (Å²) in [7, 11) is -4.43. The SMILES string of the molecule is N#CC1(NC(=O)[C@@H]2C[C@@H](S(=O)(=O)c3ccc(C4CCNC4=O)cc3C(F)(F)F)CN2)CC1. The van der Waals surface area contributed by atoms with Gasteiger partial charge in [-0.2, -0.15) is 18.4 Å². The first-order chi connectivity index (χ1) is 15.0. The number of amides is 2. The predicted octanol–water partition coefficient (Wildman–Crippen LogP) is 0.985. The van der Waals surface area contributed by atoms with Gasteiger partial charge in [0.05, 0.1) is 33.7 Å². The van der Waals surface area contributed by atoms with Crippen molar-refractivity contribution in [3.8, 4) is 6.07 Å². The van der Waals surface area contributed by atoms with Gasteiger partial charge in [-0.15, -0.1) is 0 Å². The molecule has 2 heterocycles. The second kappa shape index (κ2) is 7.74. The molecule has 3 fully saturated rings. The fraction of sp³-hybridized carbons (Fsp3) is 0.550. The molecule has 1 unspecified atom stereocenters. The van der Waals surface area contributed by atoms with Gasteiger partial charge in [-0.1, -0.05) is 6.07 Å². The van der Waals surface area contributed by atoms with Gasteiger partial charge in [0.2, 0.25) is 11.8 Å². The maximum Gasteiger partial charge on any atom is 0.417 e. The molecule has 172 valence electrons. The molecule has 3 aliphatic rings. The minimum atomic E-state index is -4.94. The Morgan fingerprint density at radius 3 is 2.56 bits per heavy atom. The fourth-order valence-corrected chi connectivity index (χ4v) is 6.04. The summed E-state index contributed by atoms with van der Waals surface area (Å²) in [5.41, 5.74) is -2.13. The largest absolute Gasteiger partial charge is 0.417 e. The molecule has 1 aromatic rings. The Balaban J connectivity index is 1.59. The van der Waals surface area contributed by atoms with Crippen molar-refractivity contribution in [3.05, 3.63) is 29.3 Å². The molecule has 1 aliphatic carbocycles. The van der Waals surface area contributed by atoms with Gasteiger partial charge in [0.25, 0.3) is 0 Å². The van der Waals surface area contributed by atoms with Crippen LogP contribution in [-0.2, 0) is 25.6 Å². The standard InChI is InChI=1S/C20H21F3N4O4S/c21-20(22,23)14-7-11(13-3-6-25-17(13)28)1-2-16(14)32(30,31)12-8-15(26-9-12)18(29)27-19(10-24)4-5-19/h1-2,7,12-13,15,26H,3-6,8-9H2,(H,25,28)(H,27,29)/t12-,13?,15+/m1/s1. The van der Waals surface area contributed by atoms with Crippen molar-refractivity contribution in [2.24, 2.45) is 0 Å². The highest BCUT2D eigenvalue weighted by molar-refractivity contribution is 7.92. The summed E-state index contributed by atoms with van der Waals surface area (Å²) in [5, 5.41) is 15.7. The third-order valence-corrected chi connectivity index (χ3v) is 8.44. The number of benzene rings is 1. The van der Waals surface area contributed by atoms with E-state index in [1.807, 2.05) is 6.07 Å². The number of sulfone groups is 1. The number of carbonyl (C=O) groups excluding carboxylic acids is 2. The van der Waals surface area contributed by atoms with E-state index in [0.29, 0.717) is 25.8 Å². The van der Waals surface area contributed by atoms with E-state index in [0.717, 1.165) is 12.1 Å². The van der Waals surface area contributed by atoms with Crippen LogP contribution in [0.1, 0.15) is 42.7 Å². The van der Waals surface area contributed by atoms with Crippen LogP contribution >= 0.6 is 0 Å². The summed E-state index contributed by atoms with van der Waals surface area (Å²) in [6.07, 6.45) is -3.81. The van der Waals surface area contributed by atoms with Crippen LogP contribution in [0.2, 0.25) is 0 Å². The van der Waals surface area contributed by atoms with E-state index in [1.54, 1.807) is 0 Å². The molecule has 8 nitrogen and oxygen atoms in total. The van der Waals surface area contributed by atoms with Gasteiger partial charge < -0.3 is 16.0 Å². The Labute approximate surface area is 182 Å². The Morgan fingerprint density at radius 1 is 1.28 bits per heavy atom. The summed E-state index contributed by atoms with van der Waals surface area (Å²) in [6, 6.07) is 3.96. The Kier molecular flexibility index (Phi) is 5.45. The Hall–Kier alpha value is -2.65. The highest BCUT2D eigenvalue weighted by atomic mass is 32.2. The molecule has 32 heavy (non-hydrogen) atoms. The number of nitrogens with one attached hydrogen (secondary N) is 3. The average molecular weight is 470 g/mol. The smallest absolute Gasteiger partial charge is 0.356 e. The van der Waals surface area contributed by atoms with Crippen LogP contribution in [0, 0.1) is 11.3 Å². The zero-order valence-corrected chi connectivity index (χ0v) is 17.6. The summed E-state index contributed by atoms with van der Waals surface area (Å²) in [4.78, 5) is 23.4. The first-order valence-electron chi connectivity index (χ1n) is 10.2. The number of hydrogen-bond acceptors (Lipinski definition) is 6. The van der Waals surface area contributed by atoms with Gasteiger partial charge in [-0.3, -0.25) is 9.59 Å². The van der Waals surface area contributed by atoms with Gasteiger partial charge in [0, 0.05) is 13.1 Å². The Bertz CT molecular complexity index is 1110. The maximum atomic E-state index is 13.8. The molecule has 2 saturated heterocycles. The highest BCUT2D eigenvalue weighted by Gasteiger charge is 2.48. The molecule has 0 spiro atoms. The molecule has 1 aromatic carbocycles. The lowest BCUT2D eigenvalue weighted by molar-refractivity contribution is -0.140. The van der Waals surface area contributed by atoms with Crippen molar-refractivity contribution >= 4 is 21.7 Å². The molecule has 0 bridgehead atoms. The number of nitrogens with zero attached hydrogens (tertiary/aromatic N) is 1. The molecule has 2 amide bonds. The van der Waals surface area contributed by atoms with Crippen molar-refractivity contribution in [3.63, 3.8) is 0 Å². The van der Waals surface area contributed by atoms with Crippen LogP contribution in [0.5, 0.6) is 0 Å². The van der Waals surface area contributed by atoms with Crippen molar-refractivity contribution in [1.82, 2.24) is 16.0 Å². The molecular formula is C20H21F3N4O4S. The highest BCUT2D eigenvalue weighted by Crippen LogP contribution is 2.39. The summed E-state index contributed by atoms with van der Waals surface area (Å²) < 4.78 is 67.6. The normalized spacial score (nSPS) is 26.9. The molecule has 1 saturated carbocycles. The lowest BCUT2D eigenvalue weighted by Crippen LogP contribution is -2.45. The minimum absolute atomic E-state index is 0.110. The van der Waals surface area contributed by atoms with Gasteiger partial charge in [-0.25, -0.2) is 8.42 Å². The van der Waals surface area contributed by atoms with Gasteiger partial charge in [0.15, 0.2) is 9.84 Å². The fourth-order valence-electron chi connectivity index (χ4n) is 4.18.